The number of hydrogen-bond acceptors (Lipinski definition) is 2. The van der Waals surface area contributed by atoms with E-state index >= 15 is 0 Å². The zero-order valence-electron chi connectivity index (χ0n) is 10.5. The Kier molecular flexibility index (Phi) is 3.91. The molecule has 94 valence electrons. The lowest BCUT2D eigenvalue weighted by Crippen LogP contribution is -2.28. The number of rotatable bonds is 2. The first-order chi connectivity index (χ1) is 8.86. The van der Waals surface area contributed by atoms with E-state index in [1.807, 2.05) is 0 Å². The van der Waals surface area contributed by atoms with Gasteiger partial charge in [0.15, 0.2) is 0 Å². The second-order valence-corrected chi connectivity index (χ2v) is 7.79. The predicted octanol–water partition coefficient (Wildman–Crippen LogP) is 4.56. The van der Waals surface area contributed by atoms with Crippen molar-refractivity contribution in [2.24, 2.45) is 11.8 Å². The fraction of sp³-hybridized carbons (Fsp3) is 0.500. The fourth-order valence-corrected chi connectivity index (χ4v) is 5.96. The molecule has 0 bridgehead atoms. The third kappa shape index (κ3) is 2.58. The summed E-state index contributed by atoms with van der Waals surface area (Å²) in [4.78, 5) is 0. The van der Waals surface area contributed by atoms with E-state index < -0.39 is 0 Å². The first-order valence-electron chi connectivity index (χ1n) is 6.66. The van der Waals surface area contributed by atoms with Gasteiger partial charge in [-0.1, -0.05) is 37.3 Å². The van der Waals surface area contributed by atoms with Crippen molar-refractivity contribution in [1.82, 2.24) is 0 Å². The van der Waals surface area contributed by atoms with Crippen LogP contribution in [0.1, 0.15) is 35.0 Å². The van der Waals surface area contributed by atoms with Gasteiger partial charge in [0, 0.05) is 5.56 Å². The van der Waals surface area contributed by atoms with Crippen molar-refractivity contribution in [3.8, 4) is 12.3 Å². The Bertz CT molecular complexity index is 431. The monoisotopic (exact) mass is 274 g/mol. The van der Waals surface area contributed by atoms with Crippen LogP contribution in [0.5, 0.6) is 0 Å². The average Bonchev–Trinajstić information content (AvgIpc) is 2.38. The Morgan fingerprint density at radius 2 is 1.67 bits per heavy atom. The third-order valence-electron chi connectivity index (χ3n) is 4.09. The van der Waals surface area contributed by atoms with Crippen LogP contribution in [0, 0.1) is 24.2 Å². The minimum atomic E-state index is 0.619. The molecule has 0 nitrogen and oxygen atoms in total. The molecule has 0 spiro atoms. The molecule has 1 aromatic rings. The molecule has 1 aliphatic heterocycles. The lowest BCUT2D eigenvalue weighted by molar-refractivity contribution is 0.241. The highest BCUT2D eigenvalue weighted by Crippen LogP contribution is 2.49. The first-order valence-corrected chi connectivity index (χ1v) is 8.76. The molecule has 1 aromatic carbocycles. The normalized spacial score (nSPS) is 28.4. The highest BCUT2D eigenvalue weighted by Gasteiger charge is 2.32. The van der Waals surface area contributed by atoms with Gasteiger partial charge in [-0.3, -0.25) is 0 Å². The van der Waals surface area contributed by atoms with Crippen LogP contribution in [0.4, 0.5) is 0 Å². The minimum Gasteiger partial charge on any atom is -0.142 e. The molecular formula is C16H18S2. The van der Waals surface area contributed by atoms with E-state index in [9.17, 15) is 0 Å². The molecule has 0 unspecified atom stereocenters. The zero-order chi connectivity index (χ0) is 12.4. The summed E-state index contributed by atoms with van der Waals surface area (Å²) in [6.45, 7) is 0. The Morgan fingerprint density at radius 3 is 2.17 bits per heavy atom. The molecule has 2 fully saturated rings. The van der Waals surface area contributed by atoms with Gasteiger partial charge in [-0.25, -0.2) is 0 Å². The highest BCUT2D eigenvalue weighted by molar-refractivity contribution is 8.16. The predicted molar refractivity (Wildman–Crippen MR) is 82.9 cm³/mol. The topological polar surface area (TPSA) is 0 Å². The summed E-state index contributed by atoms with van der Waals surface area (Å²) in [5.41, 5.74) is 2.41. The molecule has 0 atom stereocenters. The van der Waals surface area contributed by atoms with Crippen molar-refractivity contribution in [2.45, 2.75) is 23.8 Å². The highest BCUT2D eigenvalue weighted by atomic mass is 32.2. The maximum absolute atomic E-state index is 5.39. The van der Waals surface area contributed by atoms with Gasteiger partial charge < -0.3 is 0 Å². The van der Waals surface area contributed by atoms with E-state index in [0.29, 0.717) is 4.58 Å². The van der Waals surface area contributed by atoms with Crippen LogP contribution < -0.4 is 0 Å². The molecule has 1 aliphatic carbocycles. The smallest absolute Gasteiger partial charge is 0.0751 e. The van der Waals surface area contributed by atoms with Crippen molar-refractivity contribution in [3.63, 3.8) is 0 Å². The molecule has 1 heterocycles. The number of benzene rings is 1. The lowest BCUT2D eigenvalue weighted by atomic mass is 9.77. The van der Waals surface area contributed by atoms with E-state index in [2.05, 4.69) is 53.7 Å². The summed E-state index contributed by atoms with van der Waals surface area (Å²) in [5.74, 6) is 7.38. The van der Waals surface area contributed by atoms with Crippen LogP contribution in [-0.4, -0.2) is 11.5 Å². The maximum atomic E-state index is 5.39. The fourth-order valence-electron chi connectivity index (χ4n) is 2.63. The van der Waals surface area contributed by atoms with Crippen LogP contribution in [0.25, 0.3) is 0 Å². The van der Waals surface area contributed by atoms with Crippen LogP contribution >= 0.6 is 23.5 Å². The van der Waals surface area contributed by atoms with Gasteiger partial charge in [0.25, 0.3) is 0 Å². The van der Waals surface area contributed by atoms with Gasteiger partial charge in [0.05, 0.1) is 4.58 Å². The molecule has 0 amide bonds. The molecule has 2 heteroatoms. The summed E-state index contributed by atoms with van der Waals surface area (Å²) in [6.07, 6.45) is 9.82. The van der Waals surface area contributed by atoms with Gasteiger partial charge in [-0.2, -0.15) is 0 Å². The largest absolute Gasteiger partial charge is 0.142 e. The standard InChI is InChI=1S/C16H18S2/c1-2-12-6-8-14(9-7-12)16-17-10-15(11-18-16)13-4-3-5-13/h1,6-9,13,15-16H,3-5,10-11H2. The molecule has 1 saturated heterocycles. The molecule has 3 rings (SSSR count). The molecule has 2 aliphatic rings. The van der Waals surface area contributed by atoms with Gasteiger partial charge >= 0.3 is 0 Å². The second-order valence-electron chi connectivity index (χ2n) is 5.22. The molecule has 0 N–H and O–H groups in total. The summed E-state index contributed by atoms with van der Waals surface area (Å²) in [5, 5.41) is 0. The van der Waals surface area contributed by atoms with Crippen LogP contribution in [0.3, 0.4) is 0 Å². The van der Waals surface area contributed by atoms with Crippen LogP contribution in [0.2, 0.25) is 0 Å². The quantitative estimate of drug-likeness (QED) is 0.725. The van der Waals surface area contributed by atoms with E-state index in [1.54, 1.807) is 0 Å². The van der Waals surface area contributed by atoms with Gasteiger partial charge in [-0.05, 0) is 41.0 Å². The van der Waals surface area contributed by atoms with Crippen molar-refractivity contribution in [2.75, 3.05) is 11.5 Å². The Labute approximate surface area is 118 Å². The van der Waals surface area contributed by atoms with Gasteiger partial charge in [0.2, 0.25) is 0 Å². The van der Waals surface area contributed by atoms with Crippen molar-refractivity contribution >= 4 is 23.5 Å². The van der Waals surface area contributed by atoms with Gasteiger partial charge in [0.1, 0.15) is 0 Å². The Balaban J connectivity index is 1.59. The minimum absolute atomic E-state index is 0.619. The van der Waals surface area contributed by atoms with E-state index in [-0.39, 0.29) is 0 Å². The molecule has 0 radical (unpaired) electrons. The SMILES string of the molecule is C#Cc1ccc(C2SCC(C3CCC3)CS2)cc1. The first kappa shape index (κ1) is 12.5. The van der Waals surface area contributed by atoms with E-state index in [1.165, 1.54) is 36.3 Å². The molecule has 0 aromatic heterocycles. The molecular weight excluding hydrogens is 256 g/mol. The van der Waals surface area contributed by atoms with Crippen molar-refractivity contribution in [3.05, 3.63) is 35.4 Å². The lowest BCUT2D eigenvalue weighted by Gasteiger charge is -2.37. The van der Waals surface area contributed by atoms with Crippen LogP contribution in [0.15, 0.2) is 24.3 Å². The summed E-state index contributed by atoms with van der Waals surface area (Å²) < 4.78 is 0.619. The number of hydrogen-bond donors (Lipinski definition) is 0. The number of thioether (sulfide) groups is 2. The molecule has 18 heavy (non-hydrogen) atoms. The summed E-state index contributed by atoms with van der Waals surface area (Å²) in [7, 11) is 0. The number of terminal acetylenes is 1. The maximum Gasteiger partial charge on any atom is 0.0751 e. The molecule has 1 saturated carbocycles. The Hall–Kier alpha value is -0.520. The van der Waals surface area contributed by atoms with E-state index in [0.717, 1.165) is 17.4 Å². The van der Waals surface area contributed by atoms with E-state index in [4.69, 9.17) is 6.42 Å². The van der Waals surface area contributed by atoms with Crippen LogP contribution in [-0.2, 0) is 0 Å². The second kappa shape index (κ2) is 5.63. The third-order valence-corrected chi connectivity index (χ3v) is 7.30. The van der Waals surface area contributed by atoms with Crippen molar-refractivity contribution in [1.29, 1.82) is 0 Å². The summed E-state index contributed by atoms with van der Waals surface area (Å²) in [6, 6.07) is 8.52. The average molecular weight is 274 g/mol. The zero-order valence-corrected chi connectivity index (χ0v) is 12.1. The van der Waals surface area contributed by atoms with Gasteiger partial charge in [-0.15, -0.1) is 29.9 Å². The Morgan fingerprint density at radius 1 is 1.00 bits per heavy atom. The summed E-state index contributed by atoms with van der Waals surface area (Å²) >= 11 is 4.25. The van der Waals surface area contributed by atoms with Crippen molar-refractivity contribution < 1.29 is 0 Å².